The summed E-state index contributed by atoms with van der Waals surface area (Å²) in [5, 5.41) is 107. The van der Waals surface area contributed by atoms with Crippen molar-refractivity contribution in [2.75, 3.05) is 62.4 Å². The molecule has 7 rings (SSSR count). The van der Waals surface area contributed by atoms with E-state index in [1.807, 2.05) is 60.7 Å². The Morgan fingerprint density at radius 3 is 1.09 bits per heavy atom. The molecule has 12 atom stereocenters. The number of rotatable bonds is 34. The predicted molar refractivity (Wildman–Crippen MR) is 341 cm³/mol. The van der Waals surface area contributed by atoms with Crippen molar-refractivity contribution in [1.82, 2.24) is 31.9 Å². The van der Waals surface area contributed by atoms with E-state index in [1.54, 1.807) is 48.5 Å². The van der Waals surface area contributed by atoms with E-state index < -0.39 is 146 Å². The predicted octanol–water partition coefficient (Wildman–Crippen LogP) is -6.73. The van der Waals surface area contributed by atoms with Crippen molar-refractivity contribution in [3.05, 3.63) is 156 Å². The molecule has 2 aliphatic rings. The summed E-state index contributed by atoms with van der Waals surface area (Å²) in [5.74, 6) is -10.5. The first-order valence-corrected chi connectivity index (χ1v) is 32.7. The summed E-state index contributed by atoms with van der Waals surface area (Å²) in [6, 6.07) is 35.4. The van der Waals surface area contributed by atoms with Crippen LogP contribution in [0.2, 0.25) is 0 Å². The van der Waals surface area contributed by atoms with E-state index in [-0.39, 0.29) is 121 Å². The summed E-state index contributed by atoms with van der Waals surface area (Å²) in [7, 11) is 0. The Balaban J connectivity index is 0.00000833. The monoisotopic (exact) mass is 1380 g/mol. The molecular formula is C66H78N6Na2O20S2. The Labute approximate surface area is 607 Å². The maximum Gasteiger partial charge on any atom is 1.00 e. The molecule has 12 N–H and O–H groups in total. The van der Waals surface area contributed by atoms with Crippen LogP contribution in [0.15, 0.2) is 133 Å². The molecular weight excluding hydrogens is 1310 g/mol. The molecule has 0 unspecified atom stereocenters. The molecule has 5 aromatic rings. The fourth-order valence-electron chi connectivity index (χ4n) is 10.5. The number of carboxylic acids is 2. The average Bonchev–Trinajstić information content (AvgIpc) is 0.777. The van der Waals surface area contributed by atoms with E-state index in [4.69, 9.17) is 18.9 Å². The molecule has 0 radical (unpaired) electrons. The number of thioether (sulfide) groups is 2. The number of aliphatic hydroxyl groups excluding tert-OH is 6. The van der Waals surface area contributed by atoms with Gasteiger partial charge in [0.05, 0.1) is 49.7 Å². The van der Waals surface area contributed by atoms with Crippen LogP contribution in [0.5, 0.6) is 0 Å². The first-order valence-electron chi connectivity index (χ1n) is 30.4. The van der Waals surface area contributed by atoms with Gasteiger partial charge in [0.1, 0.15) is 36.4 Å². The van der Waals surface area contributed by atoms with Gasteiger partial charge in [0.2, 0.25) is 23.4 Å². The van der Waals surface area contributed by atoms with Crippen molar-refractivity contribution >= 4 is 70.9 Å². The maximum absolute atomic E-state index is 13.0. The second kappa shape index (κ2) is 39.7. The molecule has 0 aromatic heterocycles. The maximum atomic E-state index is 13.0. The van der Waals surface area contributed by atoms with Gasteiger partial charge < -0.3 is 101 Å². The van der Waals surface area contributed by atoms with Crippen LogP contribution in [0, 0.1) is 0 Å². The van der Waals surface area contributed by atoms with Crippen LogP contribution in [0.1, 0.15) is 81.0 Å². The molecule has 5 aromatic carbocycles. The van der Waals surface area contributed by atoms with E-state index in [0.717, 1.165) is 36.1 Å². The Hall–Kier alpha value is -5.84. The van der Waals surface area contributed by atoms with Crippen LogP contribution in [-0.4, -0.2) is 213 Å². The summed E-state index contributed by atoms with van der Waals surface area (Å²) < 4.78 is 22.9. The van der Waals surface area contributed by atoms with Crippen molar-refractivity contribution in [2.24, 2.45) is 0 Å². The number of aliphatic carboxylic acids is 2. The molecule has 0 saturated carbocycles. The number of amides is 6. The molecule has 26 nitrogen and oxygen atoms in total. The Kier molecular flexibility index (Phi) is 33.4. The first kappa shape index (κ1) is 80.8. The van der Waals surface area contributed by atoms with Gasteiger partial charge in [-0.05, 0) is 95.1 Å². The van der Waals surface area contributed by atoms with Crippen molar-refractivity contribution in [3.63, 3.8) is 0 Å². The topological polar surface area (TPSA) is 413 Å². The van der Waals surface area contributed by atoms with Gasteiger partial charge in [0.15, 0.2) is 0 Å². The minimum absolute atomic E-state index is 0. The number of hydrogen-bond donors (Lipinski definition) is 12. The number of hydrogen-bond acceptors (Lipinski definition) is 22. The van der Waals surface area contributed by atoms with E-state index in [0.29, 0.717) is 23.0 Å². The van der Waals surface area contributed by atoms with Crippen LogP contribution in [0.25, 0.3) is 22.3 Å². The molecule has 2 fully saturated rings. The third kappa shape index (κ3) is 23.1. The number of aliphatic hydroxyl groups is 6. The summed E-state index contributed by atoms with van der Waals surface area (Å²) in [5.41, 5.74) is 4.70. The minimum Gasteiger partial charge on any atom is -0.544 e. The molecule has 6 amide bonds. The van der Waals surface area contributed by atoms with Gasteiger partial charge in [-0.3, -0.25) is 28.8 Å². The molecule has 0 bridgehead atoms. The van der Waals surface area contributed by atoms with Crippen molar-refractivity contribution in [3.8, 4) is 22.3 Å². The third-order valence-electron chi connectivity index (χ3n) is 15.4. The van der Waals surface area contributed by atoms with Crippen LogP contribution in [0.3, 0.4) is 0 Å². The third-order valence-corrected chi connectivity index (χ3v) is 17.6. The van der Waals surface area contributed by atoms with Gasteiger partial charge in [-0.25, -0.2) is 0 Å². The number of carbonyl (C=O) groups excluding carboxylic acids is 8. The summed E-state index contributed by atoms with van der Waals surface area (Å²) >= 11 is 2.81. The van der Waals surface area contributed by atoms with Crippen molar-refractivity contribution < 1.29 is 157 Å². The molecule has 2 heterocycles. The Morgan fingerprint density at radius 2 is 0.781 bits per heavy atom. The zero-order chi connectivity index (χ0) is 68.0. The van der Waals surface area contributed by atoms with E-state index in [2.05, 4.69) is 31.9 Å². The molecule has 96 heavy (non-hydrogen) atoms. The molecule has 0 spiro atoms. The quantitative estimate of drug-likeness (QED) is 0.0135. The van der Waals surface area contributed by atoms with Gasteiger partial charge >= 0.3 is 59.1 Å². The first-order chi connectivity index (χ1) is 45.0. The normalized spacial score (nSPS) is 21.8. The van der Waals surface area contributed by atoms with Gasteiger partial charge in [0, 0.05) is 86.6 Å². The Bertz CT molecular complexity index is 3120. The number of ether oxygens (including phenoxy) is 4. The summed E-state index contributed by atoms with van der Waals surface area (Å²) in [4.78, 5) is 101. The molecule has 2 aliphatic heterocycles. The SMILES string of the molecule is CC(=O)N[C@H]1[C@H]([C@H](O)[C@H](O)CNC(=O)c2ccc(-c3ccccc3)cc2)O[C@@](OCCCSCCNC(=O)c2ccc(C(=O)NCCSCCCO[C@]3(C(=O)[O-])C[C@H](O)[C@@H](NC(C)=O)[C@H]([C@H](O)[C@H](O)CNC(=O)c4ccc(-c5ccccc5)cc4)O3)cc2)(C(=O)[O-])C[C@@H]1O.[Na+].[Na+]. The van der Waals surface area contributed by atoms with Crippen molar-refractivity contribution in [2.45, 2.75) is 112 Å². The minimum atomic E-state index is -2.60. The second-order valence-electron chi connectivity index (χ2n) is 22.4. The fraction of sp³-hybridized carbons (Fsp3) is 0.424. The smallest absolute Gasteiger partial charge is 0.544 e. The standard InChI is InChI=1S/C66H80N6O20S2.2Na/c1-39(73)71-53-49(75)35-65(63(85)86,91-57(53)55(79)51(77)37-69-61(83)47-19-15-43(16-20-47)41-11-5-3-6-12-41)89-29-9-31-93-33-27-67-59(81)45-23-25-46(26-24-45)60(82)68-28-34-94-32-10-30-90-66(64(87)88)36-50(76)54(72-40(2)74)58(92-66)56(80)52(78)38-70-62(84)48-21-17-44(18-22-48)42-13-7-4-8-14-42;;/h3-8,11-26,49-58,75-80H,9-10,27-38H2,1-2H3,(H,67,81)(H,68,82)(H,69,83)(H,70,84)(H,71,73)(H,72,74)(H,85,86)(H,87,88);;/q;2*+1/p-2/t49-,50-,51+,52+,53+,54+,55+,56+,57+,58+,65+,66+;;/m0../s1. The zero-order valence-corrected chi connectivity index (χ0v) is 59.2. The molecule has 506 valence electrons. The van der Waals surface area contributed by atoms with Gasteiger partial charge in [-0.15, -0.1) is 0 Å². The Morgan fingerprint density at radius 1 is 0.479 bits per heavy atom. The summed E-state index contributed by atoms with van der Waals surface area (Å²) in [6.07, 6.45) is -15.1. The number of carboxylic acid groups (broad SMARTS) is 2. The zero-order valence-electron chi connectivity index (χ0n) is 53.6. The van der Waals surface area contributed by atoms with E-state index in [9.17, 15) is 79.2 Å². The van der Waals surface area contributed by atoms with Gasteiger partial charge in [-0.1, -0.05) is 84.9 Å². The van der Waals surface area contributed by atoms with Crippen LogP contribution >= 0.6 is 23.5 Å². The van der Waals surface area contributed by atoms with Gasteiger partial charge in [0.25, 0.3) is 23.6 Å². The number of nitrogens with one attached hydrogen (secondary N) is 6. The second-order valence-corrected chi connectivity index (χ2v) is 24.8. The molecule has 0 aliphatic carbocycles. The number of benzene rings is 5. The molecule has 30 heteroatoms. The number of carbonyl (C=O) groups is 8. The van der Waals surface area contributed by atoms with E-state index >= 15 is 0 Å². The average molecular weight is 1390 g/mol. The van der Waals surface area contributed by atoms with Crippen LogP contribution in [-0.2, 0) is 38.1 Å². The van der Waals surface area contributed by atoms with Crippen molar-refractivity contribution in [1.29, 1.82) is 0 Å². The van der Waals surface area contributed by atoms with Crippen LogP contribution in [0.4, 0.5) is 0 Å². The fourth-order valence-corrected chi connectivity index (χ4v) is 12.0. The van der Waals surface area contributed by atoms with E-state index in [1.165, 1.54) is 47.8 Å². The molecule has 2 saturated heterocycles. The van der Waals surface area contributed by atoms with Crippen LogP contribution < -0.4 is 101 Å². The summed E-state index contributed by atoms with van der Waals surface area (Å²) in [6.45, 7) is 1.25. The van der Waals surface area contributed by atoms with Gasteiger partial charge in [-0.2, -0.15) is 23.5 Å². The largest absolute Gasteiger partial charge is 1.00 e.